The average Bonchev–Trinajstić information content (AvgIpc) is 2.88. The van der Waals surface area contributed by atoms with Gasteiger partial charge in [-0.05, 0) is 18.6 Å². The van der Waals surface area contributed by atoms with Crippen LogP contribution in [-0.2, 0) is 13.2 Å². The van der Waals surface area contributed by atoms with Crippen LogP contribution in [0.3, 0.4) is 0 Å². The first-order valence-corrected chi connectivity index (χ1v) is 7.08. The number of hydrogen-bond donors (Lipinski definition) is 2. The first-order valence-electron chi connectivity index (χ1n) is 7.08. The van der Waals surface area contributed by atoms with E-state index in [2.05, 4.69) is 15.3 Å². The number of nitrogens with one attached hydrogen (secondary N) is 1. The number of aromatic nitrogens is 3. The number of aliphatic hydroxyl groups is 1. The molecule has 0 aliphatic rings. The van der Waals surface area contributed by atoms with Gasteiger partial charge >= 0.3 is 6.18 Å². The molecule has 0 aliphatic carbocycles. The number of alkyl halides is 3. The van der Waals surface area contributed by atoms with Crippen LogP contribution in [0.4, 0.5) is 19.0 Å². The minimum atomic E-state index is -4.41. The predicted molar refractivity (Wildman–Crippen MR) is 81.2 cm³/mol. The van der Waals surface area contributed by atoms with Gasteiger partial charge in [0.1, 0.15) is 5.52 Å². The highest BCUT2D eigenvalue weighted by Gasteiger charge is 2.31. The van der Waals surface area contributed by atoms with E-state index in [0.717, 1.165) is 17.6 Å². The van der Waals surface area contributed by atoms with Crippen molar-refractivity contribution in [3.63, 3.8) is 0 Å². The number of fused-ring (bicyclic) bond motifs is 3. The number of nitrogens with zero attached hydrogens (tertiary/aromatic N) is 3. The molecule has 5 nitrogen and oxygen atoms in total. The van der Waals surface area contributed by atoms with Gasteiger partial charge in [-0.2, -0.15) is 13.2 Å². The first kappa shape index (κ1) is 15.5. The fourth-order valence-electron chi connectivity index (χ4n) is 2.50. The van der Waals surface area contributed by atoms with Crippen LogP contribution >= 0.6 is 0 Å². The van der Waals surface area contributed by atoms with Crippen molar-refractivity contribution >= 4 is 27.8 Å². The van der Waals surface area contributed by atoms with Gasteiger partial charge < -0.3 is 15.0 Å². The topological polar surface area (TPSA) is 63.0 Å². The Morgan fingerprint density at radius 3 is 2.78 bits per heavy atom. The third-order valence-electron chi connectivity index (χ3n) is 3.60. The number of hydrogen-bond acceptors (Lipinski definition) is 4. The maximum atomic E-state index is 12.9. The molecule has 23 heavy (non-hydrogen) atoms. The smallest absolute Gasteiger partial charge is 0.396 e. The number of benzene rings is 1. The summed E-state index contributed by atoms with van der Waals surface area (Å²) in [5, 5.41) is 12.5. The molecule has 122 valence electrons. The summed E-state index contributed by atoms with van der Waals surface area (Å²) in [6.07, 6.45) is -2.31. The quantitative estimate of drug-likeness (QED) is 0.724. The summed E-state index contributed by atoms with van der Waals surface area (Å²) >= 11 is 0. The lowest BCUT2D eigenvalue weighted by molar-refractivity contribution is -0.137. The summed E-state index contributed by atoms with van der Waals surface area (Å²) in [4.78, 5) is 8.57. The largest absolute Gasteiger partial charge is 0.416 e. The first-order chi connectivity index (χ1) is 10.9. The molecule has 3 aromatic rings. The second-order valence-electron chi connectivity index (χ2n) is 5.25. The number of pyridine rings is 1. The van der Waals surface area contributed by atoms with Gasteiger partial charge in [0.25, 0.3) is 0 Å². The maximum Gasteiger partial charge on any atom is 0.416 e. The van der Waals surface area contributed by atoms with Gasteiger partial charge in [0.15, 0.2) is 5.82 Å². The van der Waals surface area contributed by atoms with Crippen molar-refractivity contribution in [2.24, 2.45) is 7.05 Å². The zero-order valence-electron chi connectivity index (χ0n) is 12.4. The Morgan fingerprint density at radius 1 is 1.30 bits per heavy atom. The molecule has 0 aliphatic heterocycles. The lowest BCUT2D eigenvalue weighted by Gasteiger charge is -2.11. The highest BCUT2D eigenvalue weighted by Crippen LogP contribution is 2.34. The molecule has 8 heteroatoms. The third kappa shape index (κ3) is 2.81. The van der Waals surface area contributed by atoms with Crippen LogP contribution < -0.4 is 5.32 Å². The molecule has 0 spiro atoms. The van der Waals surface area contributed by atoms with Gasteiger partial charge in [0.2, 0.25) is 0 Å². The Balaban J connectivity index is 2.21. The van der Waals surface area contributed by atoms with Gasteiger partial charge in [-0.3, -0.25) is 0 Å². The normalized spacial score (nSPS) is 12.2. The van der Waals surface area contributed by atoms with Crippen LogP contribution in [0.2, 0.25) is 0 Å². The second-order valence-corrected chi connectivity index (χ2v) is 5.25. The number of aryl methyl sites for hydroxylation is 1. The Morgan fingerprint density at radius 2 is 2.09 bits per heavy atom. The van der Waals surface area contributed by atoms with Crippen LogP contribution in [0.1, 0.15) is 12.0 Å². The zero-order valence-corrected chi connectivity index (χ0v) is 12.4. The van der Waals surface area contributed by atoms with Crippen molar-refractivity contribution in [2.45, 2.75) is 12.6 Å². The van der Waals surface area contributed by atoms with Crippen LogP contribution in [0.25, 0.3) is 21.9 Å². The molecule has 0 amide bonds. The monoisotopic (exact) mass is 324 g/mol. The number of anilines is 1. The molecular weight excluding hydrogens is 309 g/mol. The van der Waals surface area contributed by atoms with Crippen LogP contribution in [0, 0.1) is 0 Å². The number of rotatable bonds is 4. The lowest BCUT2D eigenvalue weighted by Crippen LogP contribution is -2.07. The molecule has 2 heterocycles. The van der Waals surface area contributed by atoms with Gasteiger partial charge in [-0.1, -0.05) is 6.07 Å². The molecule has 0 fully saturated rings. The van der Waals surface area contributed by atoms with E-state index < -0.39 is 11.7 Å². The fourth-order valence-corrected chi connectivity index (χ4v) is 2.50. The average molecular weight is 324 g/mol. The van der Waals surface area contributed by atoms with Gasteiger partial charge in [0, 0.05) is 25.6 Å². The van der Waals surface area contributed by atoms with Crippen LogP contribution in [-0.4, -0.2) is 32.8 Å². The van der Waals surface area contributed by atoms with E-state index >= 15 is 0 Å². The maximum absolute atomic E-state index is 12.9. The van der Waals surface area contributed by atoms with E-state index in [1.165, 1.54) is 6.07 Å². The molecule has 0 saturated carbocycles. The Labute approximate surface area is 129 Å². The number of halogens is 3. The summed E-state index contributed by atoms with van der Waals surface area (Å²) in [5.74, 6) is 0.417. The minimum Gasteiger partial charge on any atom is -0.396 e. The molecule has 0 atom stereocenters. The van der Waals surface area contributed by atoms with Gasteiger partial charge in [-0.15, -0.1) is 0 Å². The van der Waals surface area contributed by atoms with Crippen molar-refractivity contribution in [3.8, 4) is 0 Å². The molecule has 3 rings (SSSR count). The van der Waals surface area contributed by atoms with Crippen molar-refractivity contribution in [1.82, 2.24) is 14.5 Å². The number of aliphatic hydroxyl groups excluding tert-OH is 1. The van der Waals surface area contributed by atoms with Gasteiger partial charge in [0.05, 0.1) is 22.9 Å². The van der Waals surface area contributed by atoms with Crippen LogP contribution in [0.15, 0.2) is 24.5 Å². The van der Waals surface area contributed by atoms with Crippen molar-refractivity contribution in [2.75, 3.05) is 18.5 Å². The molecule has 2 N–H and O–H groups in total. The molecule has 0 radical (unpaired) electrons. The van der Waals surface area contributed by atoms with Crippen molar-refractivity contribution in [3.05, 3.63) is 30.1 Å². The SMILES string of the molecule is Cn1cnc2c(NCCCO)nc3cc(C(F)(F)F)ccc3c21. The molecule has 1 aromatic carbocycles. The summed E-state index contributed by atoms with van der Waals surface area (Å²) in [6, 6.07) is 3.51. The standard InChI is InChI=1S/C15H15F3N4O/c1-22-8-20-12-13(22)10-4-3-9(15(16,17)18)7-11(10)21-14(12)19-5-2-6-23/h3-4,7-8,23H,2,5-6H2,1H3,(H,19,21). The second kappa shape index (κ2) is 5.69. The number of imidazole rings is 1. The van der Waals surface area contributed by atoms with E-state index in [1.54, 1.807) is 17.9 Å². The highest BCUT2D eigenvalue weighted by atomic mass is 19.4. The van der Waals surface area contributed by atoms with E-state index in [-0.39, 0.29) is 12.1 Å². The van der Waals surface area contributed by atoms with Crippen molar-refractivity contribution < 1.29 is 18.3 Å². The summed E-state index contributed by atoms with van der Waals surface area (Å²) in [7, 11) is 1.78. The Kier molecular flexibility index (Phi) is 3.85. The fraction of sp³-hybridized carbons (Fsp3) is 0.333. The molecule has 0 unspecified atom stereocenters. The highest BCUT2D eigenvalue weighted by molar-refractivity contribution is 6.06. The van der Waals surface area contributed by atoms with E-state index in [4.69, 9.17) is 5.11 Å². The van der Waals surface area contributed by atoms with E-state index in [1.807, 2.05) is 0 Å². The van der Waals surface area contributed by atoms with Crippen LogP contribution in [0.5, 0.6) is 0 Å². The lowest BCUT2D eigenvalue weighted by atomic mass is 10.1. The molecule has 0 bridgehead atoms. The van der Waals surface area contributed by atoms with Gasteiger partial charge in [-0.25, -0.2) is 9.97 Å². The van der Waals surface area contributed by atoms with E-state index in [0.29, 0.717) is 29.7 Å². The Bertz CT molecular complexity index is 857. The Hall–Kier alpha value is -2.35. The summed E-state index contributed by atoms with van der Waals surface area (Å²) < 4.78 is 40.5. The predicted octanol–water partition coefficient (Wildman–Crippen LogP) is 2.93. The third-order valence-corrected chi connectivity index (χ3v) is 3.60. The molecular formula is C15H15F3N4O. The van der Waals surface area contributed by atoms with Crippen molar-refractivity contribution in [1.29, 1.82) is 0 Å². The summed E-state index contributed by atoms with van der Waals surface area (Å²) in [5.41, 5.74) is 0.829. The zero-order chi connectivity index (χ0) is 16.6. The molecule has 2 aromatic heterocycles. The van der Waals surface area contributed by atoms with E-state index in [9.17, 15) is 13.2 Å². The molecule has 0 saturated heterocycles. The summed E-state index contributed by atoms with van der Waals surface area (Å²) in [6.45, 7) is 0.476. The minimum absolute atomic E-state index is 0.0180.